The molecule has 5 heteroatoms. The third kappa shape index (κ3) is 1.58. The van der Waals surface area contributed by atoms with Crippen molar-refractivity contribution >= 4 is 39.1 Å². The number of fused-ring (bicyclic) bond motifs is 1. The highest BCUT2D eigenvalue weighted by atomic mass is 79.9. The summed E-state index contributed by atoms with van der Waals surface area (Å²) < 4.78 is 5.10. The summed E-state index contributed by atoms with van der Waals surface area (Å²) in [6.45, 7) is 0. The highest BCUT2D eigenvalue weighted by Gasteiger charge is 2.30. The van der Waals surface area contributed by atoms with Gasteiger partial charge in [-0.3, -0.25) is 9.59 Å². The molecule has 0 unspecified atom stereocenters. The fourth-order valence-electron chi connectivity index (χ4n) is 1.47. The third-order valence-corrected chi connectivity index (χ3v) is 3.65. The number of hydrogen-bond donors (Lipinski definition) is 0. The average molecular weight is 302 g/mol. The van der Waals surface area contributed by atoms with Gasteiger partial charge in [-0.15, -0.1) is 0 Å². The Hall–Kier alpha value is -1.13. The van der Waals surface area contributed by atoms with Gasteiger partial charge >= 0.3 is 0 Å². The summed E-state index contributed by atoms with van der Waals surface area (Å²) >= 11 is 8.76. The van der Waals surface area contributed by atoms with Crippen LogP contribution in [0.1, 0.15) is 20.7 Å². The van der Waals surface area contributed by atoms with E-state index in [9.17, 15) is 9.59 Å². The highest BCUT2D eigenvalue weighted by Crippen LogP contribution is 2.33. The maximum Gasteiger partial charge on any atom is 0.206 e. The molecule has 0 radical (unpaired) electrons. The zero-order chi connectivity index (χ0) is 11.9. The van der Waals surface area contributed by atoms with Crippen LogP contribution in [-0.2, 0) is 0 Å². The van der Waals surface area contributed by atoms with Gasteiger partial charge in [0.25, 0.3) is 0 Å². The fourth-order valence-corrected chi connectivity index (χ4v) is 2.05. The van der Waals surface area contributed by atoms with E-state index in [0.29, 0.717) is 16.9 Å². The van der Waals surface area contributed by atoms with Crippen molar-refractivity contribution in [3.8, 4) is 5.75 Å². The molecule has 3 nitrogen and oxygen atoms in total. The van der Waals surface area contributed by atoms with Crippen molar-refractivity contribution in [1.29, 1.82) is 0 Å². The van der Waals surface area contributed by atoms with Crippen molar-refractivity contribution in [2.75, 3.05) is 7.11 Å². The molecule has 1 aromatic rings. The van der Waals surface area contributed by atoms with Crippen LogP contribution in [0.5, 0.6) is 5.75 Å². The van der Waals surface area contributed by atoms with Crippen molar-refractivity contribution in [3.05, 3.63) is 38.8 Å². The first-order valence-corrected chi connectivity index (χ1v) is 5.56. The molecule has 1 aliphatic carbocycles. The van der Waals surface area contributed by atoms with Gasteiger partial charge in [-0.1, -0.05) is 11.6 Å². The predicted octanol–water partition coefficient (Wildman–Crippen LogP) is 2.92. The van der Waals surface area contributed by atoms with Gasteiger partial charge in [-0.05, 0) is 34.1 Å². The second kappa shape index (κ2) is 4.03. The highest BCUT2D eigenvalue weighted by molar-refractivity contribution is 9.12. The molecule has 1 aromatic carbocycles. The summed E-state index contributed by atoms with van der Waals surface area (Å²) in [7, 11) is 1.49. The van der Waals surface area contributed by atoms with Gasteiger partial charge < -0.3 is 4.74 Å². The molecule has 0 saturated carbocycles. The van der Waals surface area contributed by atoms with Crippen molar-refractivity contribution in [1.82, 2.24) is 0 Å². The molecule has 1 aliphatic rings. The Morgan fingerprint density at radius 2 is 1.88 bits per heavy atom. The van der Waals surface area contributed by atoms with Crippen molar-refractivity contribution in [2.45, 2.75) is 0 Å². The Morgan fingerprint density at radius 3 is 2.50 bits per heavy atom. The molecule has 0 atom stereocenters. The summed E-state index contributed by atoms with van der Waals surface area (Å²) in [5, 5.41) is -0.0809. The van der Waals surface area contributed by atoms with E-state index < -0.39 is 0 Å². The van der Waals surface area contributed by atoms with Gasteiger partial charge in [-0.2, -0.15) is 0 Å². The monoisotopic (exact) mass is 300 g/mol. The standard InChI is InChI=1S/C11H6BrClO3/c1-16-5-2-3-6-7(4-5)10(14)8(12)9(13)11(6)15/h2-4H,1H3. The Bertz CT molecular complexity index is 534. The van der Waals surface area contributed by atoms with Crippen LogP contribution >= 0.6 is 27.5 Å². The molecule has 0 amide bonds. The predicted molar refractivity (Wildman–Crippen MR) is 63.5 cm³/mol. The van der Waals surface area contributed by atoms with Crippen LogP contribution in [0.25, 0.3) is 0 Å². The quantitative estimate of drug-likeness (QED) is 0.801. The van der Waals surface area contributed by atoms with Crippen LogP contribution in [0.4, 0.5) is 0 Å². The number of ketones is 2. The van der Waals surface area contributed by atoms with Gasteiger partial charge in [0.05, 0.1) is 11.6 Å². The summed E-state index contributed by atoms with van der Waals surface area (Å²) in [4.78, 5) is 23.6. The Labute approximate surface area is 105 Å². The Kier molecular flexibility index (Phi) is 2.86. The Morgan fingerprint density at radius 1 is 1.19 bits per heavy atom. The van der Waals surface area contributed by atoms with Crippen LogP contribution < -0.4 is 4.74 Å². The number of rotatable bonds is 1. The normalized spacial score (nSPS) is 15.2. The van der Waals surface area contributed by atoms with Crippen molar-refractivity contribution < 1.29 is 14.3 Å². The maximum absolute atomic E-state index is 11.8. The SMILES string of the molecule is COc1ccc2c(c1)C(=O)C(Br)=C(Cl)C2=O. The van der Waals surface area contributed by atoms with Crippen molar-refractivity contribution in [2.24, 2.45) is 0 Å². The first-order valence-electron chi connectivity index (χ1n) is 4.39. The molecular formula is C11H6BrClO3. The van der Waals surface area contributed by atoms with Crippen molar-refractivity contribution in [3.63, 3.8) is 0 Å². The number of carbonyl (C=O) groups is 2. The molecule has 0 spiro atoms. The Balaban J connectivity index is 2.67. The third-order valence-electron chi connectivity index (χ3n) is 2.31. The van der Waals surface area contributed by atoms with E-state index in [1.54, 1.807) is 6.07 Å². The molecule has 2 rings (SSSR count). The summed E-state index contributed by atoms with van der Waals surface area (Å²) in [6, 6.07) is 4.68. The summed E-state index contributed by atoms with van der Waals surface area (Å²) in [5.41, 5.74) is 0.611. The van der Waals surface area contributed by atoms with E-state index in [-0.39, 0.29) is 21.1 Å². The lowest BCUT2D eigenvalue weighted by Crippen LogP contribution is -2.17. The van der Waals surface area contributed by atoms with Crippen LogP contribution in [0.3, 0.4) is 0 Å². The van der Waals surface area contributed by atoms with Gasteiger partial charge in [0, 0.05) is 11.1 Å². The zero-order valence-corrected chi connectivity index (χ0v) is 10.6. The van der Waals surface area contributed by atoms with Gasteiger partial charge in [0.1, 0.15) is 10.8 Å². The molecule has 0 aromatic heterocycles. The fraction of sp³-hybridized carbons (Fsp3) is 0.0909. The molecule has 0 heterocycles. The first kappa shape index (κ1) is 11.4. The van der Waals surface area contributed by atoms with Crippen LogP contribution in [0.15, 0.2) is 27.7 Å². The van der Waals surface area contributed by atoms with E-state index in [1.165, 1.54) is 19.2 Å². The number of Topliss-reactive ketones (excluding diaryl/α,β-unsaturated/α-hetero) is 2. The van der Waals surface area contributed by atoms with Gasteiger partial charge in [0.2, 0.25) is 11.6 Å². The van der Waals surface area contributed by atoms with E-state index in [1.807, 2.05) is 0 Å². The minimum absolute atomic E-state index is 0.0809. The second-order valence-corrected chi connectivity index (χ2v) is 4.37. The van der Waals surface area contributed by atoms with Crippen LogP contribution in [0, 0.1) is 0 Å². The van der Waals surface area contributed by atoms with Gasteiger partial charge in [-0.25, -0.2) is 0 Å². The lowest BCUT2D eigenvalue weighted by atomic mass is 9.94. The molecule has 0 aliphatic heterocycles. The minimum Gasteiger partial charge on any atom is -0.497 e. The number of methoxy groups -OCH3 is 1. The number of hydrogen-bond acceptors (Lipinski definition) is 3. The average Bonchev–Trinajstić information content (AvgIpc) is 2.33. The van der Waals surface area contributed by atoms with E-state index in [4.69, 9.17) is 16.3 Å². The van der Waals surface area contributed by atoms with Crippen LogP contribution in [0.2, 0.25) is 0 Å². The second-order valence-electron chi connectivity index (χ2n) is 3.20. The molecule has 0 bridgehead atoms. The zero-order valence-electron chi connectivity index (χ0n) is 8.21. The first-order chi connectivity index (χ1) is 7.56. The number of halogens is 2. The molecular weight excluding hydrogens is 295 g/mol. The molecule has 82 valence electrons. The van der Waals surface area contributed by atoms with E-state index in [2.05, 4.69) is 15.9 Å². The largest absolute Gasteiger partial charge is 0.497 e. The summed E-state index contributed by atoms with van der Waals surface area (Å²) in [5.74, 6) is -0.137. The van der Waals surface area contributed by atoms with E-state index in [0.717, 1.165) is 0 Å². The maximum atomic E-state index is 11.8. The van der Waals surface area contributed by atoms with E-state index >= 15 is 0 Å². The molecule has 16 heavy (non-hydrogen) atoms. The molecule has 0 N–H and O–H groups in total. The number of carbonyl (C=O) groups excluding carboxylic acids is 2. The lowest BCUT2D eigenvalue weighted by Gasteiger charge is -2.14. The number of benzene rings is 1. The summed E-state index contributed by atoms with van der Waals surface area (Å²) in [6.07, 6.45) is 0. The molecule has 0 saturated heterocycles. The lowest BCUT2D eigenvalue weighted by molar-refractivity contribution is 0.0988. The van der Waals surface area contributed by atoms with Crippen LogP contribution in [-0.4, -0.2) is 18.7 Å². The minimum atomic E-state index is -0.356. The molecule has 0 fully saturated rings. The number of allylic oxidation sites excluding steroid dienone is 2. The smallest absolute Gasteiger partial charge is 0.206 e. The topological polar surface area (TPSA) is 43.4 Å². The number of ether oxygens (including phenoxy) is 1. The van der Waals surface area contributed by atoms with Gasteiger partial charge in [0.15, 0.2) is 0 Å².